The number of aliphatic hydroxyl groups excluding tert-OH is 1. The molecule has 0 rings (SSSR count). The lowest BCUT2D eigenvalue weighted by molar-refractivity contribution is -0.114. The smallest absolute Gasteiger partial charge is 0.145 e. The molecule has 4 nitrogen and oxygen atoms in total. The van der Waals surface area contributed by atoms with E-state index in [9.17, 15) is 14.7 Å². The first-order valence-electron chi connectivity index (χ1n) is 7.38. The van der Waals surface area contributed by atoms with Gasteiger partial charge in [0.05, 0.1) is 6.10 Å². The van der Waals surface area contributed by atoms with Crippen molar-refractivity contribution in [3.8, 4) is 0 Å². The van der Waals surface area contributed by atoms with Crippen LogP contribution in [0.2, 0.25) is 0 Å². The number of aldehydes is 2. The minimum atomic E-state index is -0.424. The first kappa shape index (κ1) is 24.0. The van der Waals surface area contributed by atoms with Crippen molar-refractivity contribution >= 4 is 12.6 Å². The molecule has 4 heteroatoms. The molecule has 0 bridgehead atoms. The summed E-state index contributed by atoms with van der Waals surface area (Å²) in [6.45, 7) is 8.02. The number of aliphatic hydroxyl groups is 1. The zero-order valence-corrected chi connectivity index (χ0v) is 13.4. The van der Waals surface area contributed by atoms with E-state index in [0.717, 1.165) is 56.7 Å². The van der Waals surface area contributed by atoms with Gasteiger partial charge in [0.15, 0.2) is 0 Å². The number of allylic oxidation sites excluding steroid dienone is 2. The van der Waals surface area contributed by atoms with Crippen molar-refractivity contribution < 1.29 is 20.2 Å². The van der Waals surface area contributed by atoms with Gasteiger partial charge in [-0.2, -0.15) is 0 Å². The van der Waals surface area contributed by atoms with E-state index in [1.54, 1.807) is 0 Å². The maximum Gasteiger partial charge on any atom is 0.145 e. The van der Waals surface area contributed by atoms with E-state index in [1.807, 2.05) is 26.8 Å². The summed E-state index contributed by atoms with van der Waals surface area (Å²) in [4.78, 5) is 20.5. The standard InChI is InChI=1S/C8H16O2.C8H14O.H2O/c1-3-5-8(10)7(4-2)6-9;1-3-5-6-8(4-2)7-9;/h6-8,10H,3-5H2,1-2H3;6-7H,3-5H2,1-2H3;1H2/b;8-6+;. The fourth-order valence-corrected chi connectivity index (χ4v) is 1.57. The van der Waals surface area contributed by atoms with Gasteiger partial charge in [0.2, 0.25) is 0 Å². The molecule has 0 fully saturated rings. The van der Waals surface area contributed by atoms with Gasteiger partial charge in [-0.3, -0.25) is 4.79 Å². The van der Waals surface area contributed by atoms with Crippen molar-refractivity contribution in [1.29, 1.82) is 0 Å². The topological polar surface area (TPSA) is 85.9 Å². The van der Waals surface area contributed by atoms with Crippen LogP contribution < -0.4 is 0 Å². The summed E-state index contributed by atoms with van der Waals surface area (Å²) in [5.74, 6) is -0.153. The van der Waals surface area contributed by atoms with Crippen LogP contribution in [0.4, 0.5) is 0 Å². The second-order valence-electron chi connectivity index (χ2n) is 4.60. The fourth-order valence-electron chi connectivity index (χ4n) is 1.57. The normalized spacial score (nSPS) is 13.3. The van der Waals surface area contributed by atoms with Gasteiger partial charge in [0, 0.05) is 5.92 Å². The van der Waals surface area contributed by atoms with Crippen LogP contribution in [0.1, 0.15) is 66.2 Å². The second kappa shape index (κ2) is 18.0. The maximum absolute atomic E-state index is 10.3. The molecule has 0 aromatic carbocycles. The third-order valence-electron chi connectivity index (χ3n) is 2.98. The van der Waals surface area contributed by atoms with Crippen LogP contribution in [-0.2, 0) is 9.59 Å². The van der Waals surface area contributed by atoms with Crippen LogP contribution in [0.5, 0.6) is 0 Å². The van der Waals surface area contributed by atoms with Crippen molar-refractivity contribution in [3.05, 3.63) is 11.6 Å². The zero-order chi connectivity index (χ0) is 15.1. The Morgan fingerprint density at radius 3 is 2.00 bits per heavy atom. The molecule has 0 saturated carbocycles. The number of carbonyl (C=O) groups excluding carboxylic acids is 2. The Labute approximate surface area is 123 Å². The molecule has 0 aromatic rings. The van der Waals surface area contributed by atoms with Gasteiger partial charge in [-0.05, 0) is 31.3 Å². The minimum Gasteiger partial charge on any atom is -0.412 e. The van der Waals surface area contributed by atoms with Crippen molar-refractivity contribution in [2.75, 3.05) is 0 Å². The van der Waals surface area contributed by atoms with Gasteiger partial charge in [-0.15, -0.1) is 0 Å². The van der Waals surface area contributed by atoms with E-state index in [2.05, 4.69) is 6.92 Å². The molecule has 0 aliphatic heterocycles. The van der Waals surface area contributed by atoms with E-state index in [4.69, 9.17) is 0 Å². The maximum atomic E-state index is 10.3. The summed E-state index contributed by atoms with van der Waals surface area (Å²) < 4.78 is 0. The van der Waals surface area contributed by atoms with Crippen LogP contribution >= 0.6 is 0 Å². The first-order valence-corrected chi connectivity index (χ1v) is 7.38. The highest BCUT2D eigenvalue weighted by molar-refractivity contribution is 5.72. The molecule has 0 saturated heterocycles. The van der Waals surface area contributed by atoms with E-state index in [1.165, 1.54) is 0 Å². The summed E-state index contributed by atoms with van der Waals surface area (Å²) in [5, 5.41) is 9.28. The molecular formula is C16H32O4. The number of rotatable bonds is 9. The fraction of sp³-hybridized carbons (Fsp3) is 0.750. The summed E-state index contributed by atoms with van der Waals surface area (Å²) in [7, 11) is 0. The lowest BCUT2D eigenvalue weighted by Gasteiger charge is -2.13. The van der Waals surface area contributed by atoms with Crippen LogP contribution in [-0.4, -0.2) is 29.3 Å². The average Bonchev–Trinajstić information content (AvgIpc) is 2.42. The van der Waals surface area contributed by atoms with Gasteiger partial charge < -0.3 is 15.4 Å². The zero-order valence-electron chi connectivity index (χ0n) is 13.4. The average molecular weight is 288 g/mol. The molecule has 0 radical (unpaired) electrons. The summed E-state index contributed by atoms with van der Waals surface area (Å²) >= 11 is 0. The summed E-state index contributed by atoms with van der Waals surface area (Å²) in [6.07, 6.45) is 8.80. The van der Waals surface area contributed by atoms with Gasteiger partial charge in [0.1, 0.15) is 12.6 Å². The van der Waals surface area contributed by atoms with E-state index >= 15 is 0 Å². The van der Waals surface area contributed by atoms with E-state index in [0.29, 0.717) is 0 Å². The monoisotopic (exact) mass is 288 g/mol. The molecule has 2 unspecified atom stereocenters. The lowest BCUT2D eigenvalue weighted by atomic mass is 9.98. The molecule has 0 aliphatic rings. The number of carbonyl (C=O) groups is 2. The number of unbranched alkanes of at least 4 members (excludes halogenated alkanes) is 1. The number of hydrogen-bond acceptors (Lipinski definition) is 3. The second-order valence-corrected chi connectivity index (χ2v) is 4.60. The molecule has 0 aromatic heterocycles. The SMILES string of the molecule is CCC/C=C(/C=O)CC.CCCC(O)C(C=O)CC.O. The Hall–Kier alpha value is -1.00. The van der Waals surface area contributed by atoms with Crippen LogP contribution in [0.3, 0.4) is 0 Å². The van der Waals surface area contributed by atoms with Gasteiger partial charge >= 0.3 is 0 Å². The third kappa shape index (κ3) is 13.4. The van der Waals surface area contributed by atoms with Crippen molar-refractivity contribution in [3.63, 3.8) is 0 Å². The van der Waals surface area contributed by atoms with Gasteiger partial charge in [-0.25, -0.2) is 0 Å². The molecule has 120 valence electrons. The molecular weight excluding hydrogens is 256 g/mol. The Balaban J connectivity index is -0.000000277. The number of hydrogen-bond donors (Lipinski definition) is 1. The Kier molecular flexibility index (Phi) is 21.6. The highest BCUT2D eigenvalue weighted by atomic mass is 16.3. The predicted octanol–water partition coefficient (Wildman–Crippen LogP) is 2.87. The van der Waals surface area contributed by atoms with Gasteiger partial charge in [-0.1, -0.05) is 46.6 Å². The Morgan fingerprint density at radius 1 is 1.10 bits per heavy atom. The quantitative estimate of drug-likeness (QED) is 0.523. The molecule has 0 heterocycles. The predicted molar refractivity (Wildman–Crippen MR) is 83.7 cm³/mol. The van der Waals surface area contributed by atoms with Gasteiger partial charge in [0.25, 0.3) is 0 Å². The largest absolute Gasteiger partial charge is 0.412 e. The minimum absolute atomic E-state index is 0. The molecule has 20 heavy (non-hydrogen) atoms. The summed E-state index contributed by atoms with van der Waals surface area (Å²) in [5.41, 5.74) is 0.928. The lowest BCUT2D eigenvalue weighted by Crippen LogP contribution is -2.20. The highest BCUT2D eigenvalue weighted by Gasteiger charge is 2.14. The van der Waals surface area contributed by atoms with Crippen LogP contribution in [0, 0.1) is 5.92 Å². The first-order chi connectivity index (χ1) is 9.10. The molecule has 2 atom stereocenters. The van der Waals surface area contributed by atoms with Crippen LogP contribution in [0.15, 0.2) is 11.6 Å². The van der Waals surface area contributed by atoms with E-state index < -0.39 is 6.10 Å². The van der Waals surface area contributed by atoms with Crippen LogP contribution in [0.25, 0.3) is 0 Å². The molecule has 0 spiro atoms. The highest BCUT2D eigenvalue weighted by Crippen LogP contribution is 2.10. The molecule has 0 amide bonds. The van der Waals surface area contributed by atoms with E-state index in [-0.39, 0.29) is 11.4 Å². The van der Waals surface area contributed by atoms with Crippen molar-refractivity contribution in [2.45, 2.75) is 72.3 Å². The summed E-state index contributed by atoms with van der Waals surface area (Å²) in [6, 6.07) is 0. The Morgan fingerprint density at radius 2 is 1.70 bits per heavy atom. The molecule has 3 N–H and O–H groups in total. The van der Waals surface area contributed by atoms with Crippen molar-refractivity contribution in [2.24, 2.45) is 5.92 Å². The third-order valence-corrected chi connectivity index (χ3v) is 2.98. The van der Waals surface area contributed by atoms with Crippen molar-refractivity contribution in [1.82, 2.24) is 0 Å². The Bertz CT molecular complexity index is 249. The molecule has 0 aliphatic carbocycles.